The number of aryl methyl sites for hydroxylation is 2. The van der Waals surface area contributed by atoms with Crippen molar-refractivity contribution < 1.29 is 0 Å². The summed E-state index contributed by atoms with van der Waals surface area (Å²) >= 11 is 19.7. The molecule has 2 rings (SSSR count). The zero-order valence-electron chi connectivity index (χ0n) is 10.5. The van der Waals surface area contributed by atoms with Gasteiger partial charge in [-0.05, 0) is 54.3 Å². The van der Waals surface area contributed by atoms with Gasteiger partial charge in [0.2, 0.25) is 0 Å². The van der Waals surface area contributed by atoms with Crippen LogP contribution in [0, 0.1) is 13.8 Å². The summed E-state index contributed by atoms with van der Waals surface area (Å²) in [7, 11) is 0. The molecular weight excluding hydrogens is 411 g/mol. The van der Waals surface area contributed by atoms with E-state index >= 15 is 0 Å². The monoisotopic (exact) mass is 420 g/mol. The molecule has 100 valence electrons. The first-order chi connectivity index (χ1) is 8.90. The minimum absolute atomic E-state index is 0.196. The van der Waals surface area contributed by atoms with Gasteiger partial charge in [0.15, 0.2) is 0 Å². The van der Waals surface area contributed by atoms with Crippen LogP contribution in [0.4, 0.5) is 0 Å². The molecule has 0 spiro atoms. The highest BCUT2D eigenvalue weighted by atomic mass is 79.9. The Balaban J connectivity index is 2.49. The topological polar surface area (TPSA) is 0 Å². The number of benzene rings is 2. The molecule has 0 bridgehead atoms. The summed E-state index contributed by atoms with van der Waals surface area (Å²) in [5, 5.41) is 0.502. The van der Waals surface area contributed by atoms with E-state index in [1.807, 2.05) is 18.2 Å². The van der Waals surface area contributed by atoms with E-state index in [9.17, 15) is 0 Å². The number of rotatable bonds is 2. The van der Waals surface area contributed by atoms with Crippen LogP contribution >= 0.6 is 55.1 Å². The van der Waals surface area contributed by atoms with Crippen LogP contribution in [0.5, 0.6) is 0 Å². The van der Waals surface area contributed by atoms with E-state index in [1.54, 1.807) is 0 Å². The molecule has 2 aromatic carbocycles. The molecule has 0 aliphatic heterocycles. The zero-order chi connectivity index (χ0) is 14.2. The molecule has 0 saturated carbocycles. The minimum atomic E-state index is -0.196. The van der Waals surface area contributed by atoms with Crippen LogP contribution in [0.15, 0.2) is 39.3 Å². The van der Waals surface area contributed by atoms with Gasteiger partial charge in [-0.15, -0.1) is 11.6 Å². The minimum Gasteiger partial charge on any atom is -0.113 e. The van der Waals surface area contributed by atoms with Crippen LogP contribution in [0.25, 0.3) is 0 Å². The average Bonchev–Trinajstić information content (AvgIpc) is 2.33. The molecule has 0 saturated heterocycles. The third-order valence-electron chi connectivity index (χ3n) is 3.06. The lowest BCUT2D eigenvalue weighted by atomic mass is 9.98. The fourth-order valence-electron chi connectivity index (χ4n) is 1.95. The van der Waals surface area contributed by atoms with E-state index in [1.165, 1.54) is 11.1 Å². The van der Waals surface area contributed by atoms with Crippen LogP contribution in [0.1, 0.15) is 27.6 Å². The van der Waals surface area contributed by atoms with Crippen molar-refractivity contribution in [3.63, 3.8) is 0 Å². The van der Waals surface area contributed by atoms with Gasteiger partial charge in [-0.25, -0.2) is 0 Å². The molecular formula is C15H12Br2Cl2. The Morgan fingerprint density at radius 1 is 0.895 bits per heavy atom. The van der Waals surface area contributed by atoms with Gasteiger partial charge in [0.25, 0.3) is 0 Å². The highest BCUT2D eigenvalue weighted by molar-refractivity contribution is 9.10. The number of hydrogen-bond acceptors (Lipinski definition) is 0. The second-order valence-corrected chi connectivity index (χ2v) is 7.07. The van der Waals surface area contributed by atoms with Gasteiger partial charge in [-0.3, -0.25) is 0 Å². The maximum absolute atomic E-state index is 6.63. The number of hydrogen-bond donors (Lipinski definition) is 0. The van der Waals surface area contributed by atoms with Gasteiger partial charge < -0.3 is 0 Å². The van der Waals surface area contributed by atoms with E-state index in [2.05, 4.69) is 57.8 Å². The van der Waals surface area contributed by atoms with Crippen molar-refractivity contribution in [1.82, 2.24) is 0 Å². The lowest BCUT2D eigenvalue weighted by Crippen LogP contribution is -1.98. The van der Waals surface area contributed by atoms with Gasteiger partial charge in [0.05, 0.1) is 5.38 Å². The molecule has 0 aliphatic rings. The highest BCUT2D eigenvalue weighted by Crippen LogP contribution is 2.37. The predicted molar refractivity (Wildman–Crippen MR) is 90.5 cm³/mol. The van der Waals surface area contributed by atoms with Crippen molar-refractivity contribution in [1.29, 1.82) is 0 Å². The zero-order valence-corrected chi connectivity index (χ0v) is 15.2. The number of halogens is 4. The van der Waals surface area contributed by atoms with E-state index < -0.39 is 0 Å². The van der Waals surface area contributed by atoms with Crippen LogP contribution in [0.2, 0.25) is 5.02 Å². The number of alkyl halides is 1. The fraction of sp³-hybridized carbons (Fsp3) is 0.200. The predicted octanol–water partition coefficient (Wildman–Crippen LogP) is 6.81. The normalized spacial score (nSPS) is 12.5. The van der Waals surface area contributed by atoms with E-state index in [0.29, 0.717) is 5.02 Å². The standard InChI is InChI=1S/C15H12Br2Cl2/c1-8-6-13(16)9(2)5-12(8)15(19)11-4-3-10(18)7-14(11)17/h3-7,15H,1-2H3. The molecule has 1 atom stereocenters. The molecule has 0 aliphatic carbocycles. The van der Waals surface area contributed by atoms with Gasteiger partial charge >= 0.3 is 0 Å². The summed E-state index contributed by atoms with van der Waals surface area (Å²) < 4.78 is 2.03. The molecule has 0 radical (unpaired) electrons. The van der Waals surface area contributed by atoms with E-state index in [0.717, 1.165) is 20.1 Å². The van der Waals surface area contributed by atoms with Crippen LogP contribution < -0.4 is 0 Å². The molecule has 0 heterocycles. The first kappa shape index (κ1) is 15.4. The quantitative estimate of drug-likeness (QED) is 0.466. The van der Waals surface area contributed by atoms with Crippen molar-refractivity contribution in [2.75, 3.05) is 0 Å². The Morgan fingerprint density at radius 2 is 1.58 bits per heavy atom. The molecule has 0 nitrogen and oxygen atoms in total. The van der Waals surface area contributed by atoms with Gasteiger partial charge in [-0.1, -0.05) is 55.6 Å². The van der Waals surface area contributed by atoms with Crippen LogP contribution in [-0.2, 0) is 0 Å². The summed E-state index contributed by atoms with van der Waals surface area (Å²) in [6.07, 6.45) is 0. The second-order valence-electron chi connectivity index (χ2n) is 4.49. The summed E-state index contributed by atoms with van der Waals surface area (Å²) in [5.74, 6) is 0. The maximum atomic E-state index is 6.63. The van der Waals surface area contributed by atoms with Crippen molar-refractivity contribution in [3.05, 3.63) is 66.6 Å². The molecule has 0 N–H and O–H groups in total. The van der Waals surface area contributed by atoms with Crippen LogP contribution in [0.3, 0.4) is 0 Å². The lowest BCUT2D eigenvalue weighted by molar-refractivity contribution is 1.09. The molecule has 0 aromatic heterocycles. The van der Waals surface area contributed by atoms with Gasteiger partial charge in [0, 0.05) is 14.0 Å². The summed E-state index contributed by atoms with van der Waals surface area (Å²) in [5.41, 5.74) is 4.48. The Hall–Kier alpha value is -0.0200. The SMILES string of the molecule is Cc1cc(C(Cl)c2ccc(Cl)cc2Br)c(C)cc1Br. The van der Waals surface area contributed by atoms with Gasteiger partial charge in [-0.2, -0.15) is 0 Å². The Morgan fingerprint density at radius 3 is 2.21 bits per heavy atom. The molecule has 0 amide bonds. The Labute approximate surface area is 140 Å². The molecule has 1 unspecified atom stereocenters. The highest BCUT2D eigenvalue weighted by Gasteiger charge is 2.17. The Kier molecular flexibility index (Phi) is 4.99. The third-order valence-corrected chi connectivity index (χ3v) is 5.30. The van der Waals surface area contributed by atoms with Gasteiger partial charge in [0.1, 0.15) is 0 Å². The molecule has 19 heavy (non-hydrogen) atoms. The molecule has 0 fully saturated rings. The van der Waals surface area contributed by atoms with E-state index in [4.69, 9.17) is 23.2 Å². The van der Waals surface area contributed by atoms with Crippen LogP contribution in [-0.4, -0.2) is 0 Å². The van der Waals surface area contributed by atoms with Crippen molar-refractivity contribution in [2.45, 2.75) is 19.2 Å². The molecule has 2 aromatic rings. The molecule has 4 heteroatoms. The summed E-state index contributed by atoms with van der Waals surface area (Å²) in [6, 6.07) is 9.91. The van der Waals surface area contributed by atoms with Crippen molar-refractivity contribution in [3.8, 4) is 0 Å². The van der Waals surface area contributed by atoms with Crippen molar-refractivity contribution in [2.24, 2.45) is 0 Å². The lowest BCUT2D eigenvalue weighted by Gasteiger charge is -2.16. The first-order valence-electron chi connectivity index (χ1n) is 5.76. The third kappa shape index (κ3) is 3.36. The first-order valence-corrected chi connectivity index (χ1v) is 8.16. The fourth-order valence-corrected chi connectivity index (χ4v) is 3.88. The van der Waals surface area contributed by atoms with Crippen molar-refractivity contribution >= 4 is 55.1 Å². The maximum Gasteiger partial charge on any atom is 0.0849 e. The smallest absolute Gasteiger partial charge is 0.0849 e. The summed E-state index contributed by atoms with van der Waals surface area (Å²) in [6.45, 7) is 4.13. The second kappa shape index (κ2) is 6.17. The van der Waals surface area contributed by atoms with E-state index in [-0.39, 0.29) is 5.38 Å². The largest absolute Gasteiger partial charge is 0.113 e. The average molecular weight is 423 g/mol. The summed E-state index contributed by atoms with van der Waals surface area (Å²) in [4.78, 5) is 0. The Bertz CT molecular complexity index is 624.